The molecule has 0 spiro atoms. The minimum absolute atomic E-state index is 0.178. The standard InChI is InChI=1S/C14H14BrClOS/c1-8-6-11(15)9(2)12(14(8)17-3)13(16)10-4-5-18-7-10/h4-7,13H,1-3H3. The van der Waals surface area contributed by atoms with Crippen molar-refractivity contribution in [1.82, 2.24) is 0 Å². The van der Waals surface area contributed by atoms with Crippen LogP contribution in [-0.4, -0.2) is 7.11 Å². The molecule has 1 unspecified atom stereocenters. The lowest BCUT2D eigenvalue weighted by atomic mass is 9.98. The van der Waals surface area contributed by atoms with Crippen molar-refractivity contribution in [1.29, 1.82) is 0 Å². The number of aryl methyl sites for hydroxylation is 1. The Bertz CT molecular complexity index is 551. The molecule has 1 nitrogen and oxygen atoms in total. The van der Waals surface area contributed by atoms with E-state index in [1.165, 1.54) is 0 Å². The topological polar surface area (TPSA) is 9.23 Å². The molecule has 0 bridgehead atoms. The Labute approximate surface area is 125 Å². The van der Waals surface area contributed by atoms with E-state index in [1.807, 2.05) is 12.3 Å². The molecule has 0 aliphatic carbocycles. The zero-order valence-electron chi connectivity index (χ0n) is 10.5. The van der Waals surface area contributed by atoms with Crippen LogP contribution in [0.1, 0.15) is 27.6 Å². The number of ether oxygens (including phenoxy) is 1. The number of rotatable bonds is 3. The molecule has 0 aliphatic heterocycles. The van der Waals surface area contributed by atoms with E-state index in [-0.39, 0.29) is 5.38 Å². The zero-order chi connectivity index (χ0) is 13.3. The molecule has 2 aromatic rings. The van der Waals surface area contributed by atoms with Crippen molar-refractivity contribution in [3.8, 4) is 5.75 Å². The maximum Gasteiger partial charge on any atom is 0.127 e. The first-order chi connectivity index (χ1) is 8.56. The van der Waals surface area contributed by atoms with Crippen LogP contribution in [0.3, 0.4) is 0 Å². The van der Waals surface area contributed by atoms with Gasteiger partial charge in [-0.25, -0.2) is 0 Å². The molecule has 0 fully saturated rings. The molecule has 1 aromatic heterocycles. The van der Waals surface area contributed by atoms with E-state index >= 15 is 0 Å². The van der Waals surface area contributed by atoms with Gasteiger partial charge in [0.2, 0.25) is 0 Å². The van der Waals surface area contributed by atoms with Crippen LogP contribution in [0, 0.1) is 13.8 Å². The third kappa shape index (κ3) is 2.44. The molecule has 0 N–H and O–H groups in total. The summed E-state index contributed by atoms with van der Waals surface area (Å²) >= 11 is 11.8. The van der Waals surface area contributed by atoms with Crippen LogP contribution >= 0.6 is 38.9 Å². The van der Waals surface area contributed by atoms with Crippen LogP contribution in [0.5, 0.6) is 5.75 Å². The van der Waals surface area contributed by atoms with E-state index in [4.69, 9.17) is 16.3 Å². The SMILES string of the molecule is COc1c(C)cc(Br)c(C)c1C(Cl)c1ccsc1. The molecule has 4 heteroatoms. The fourth-order valence-electron chi connectivity index (χ4n) is 2.04. The molecule has 18 heavy (non-hydrogen) atoms. The van der Waals surface area contributed by atoms with Crippen molar-refractivity contribution in [3.63, 3.8) is 0 Å². The fraction of sp³-hybridized carbons (Fsp3) is 0.286. The number of halogens is 2. The quantitative estimate of drug-likeness (QED) is 0.671. The van der Waals surface area contributed by atoms with Crippen LogP contribution in [0.15, 0.2) is 27.4 Å². The van der Waals surface area contributed by atoms with Gasteiger partial charge in [0.05, 0.1) is 12.5 Å². The number of hydrogen-bond acceptors (Lipinski definition) is 2. The van der Waals surface area contributed by atoms with E-state index in [0.717, 1.165) is 32.5 Å². The van der Waals surface area contributed by atoms with Gasteiger partial charge in [-0.1, -0.05) is 15.9 Å². The van der Waals surface area contributed by atoms with Gasteiger partial charge in [-0.15, -0.1) is 11.6 Å². The molecule has 2 rings (SSSR count). The largest absolute Gasteiger partial charge is 0.496 e. The van der Waals surface area contributed by atoms with Gasteiger partial charge in [-0.3, -0.25) is 0 Å². The molecular formula is C14H14BrClOS. The van der Waals surface area contributed by atoms with E-state index in [1.54, 1.807) is 18.4 Å². The third-order valence-electron chi connectivity index (χ3n) is 3.00. The van der Waals surface area contributed by atoms with E-state index in [0.29, 0.717) is 0 Å². The highest BCUT2D eigenvalue weighted by molar-refractivity contribution is 9.10. The van der Waals surface area contributed by atoms with Crippen LogP contribution in [0.4, 0.5) is 0 Å². The first kappa shape index (κ1) is 13.9. The molecule has 0 saturated heterocycles. The Morgan fingerprint density at radius 3 is 2.67 bits per heavy atom. The van der Waals surface area contributed by atoms with Crippen molar-refractivity contribution >= 4 is 38.9 Å². The number of benzene rings is 1. The van der Waals surface area contributed by atoms with Gasteiger partial charge >= 0.3 is 0 Å². The molecular weight excluding hydrogens is 332 g/mol. The maximum atomic E-state index is 6.61. The monoisotopic (exact) mass is 344 g/mol. The van der Waals surface area contributed by atoms with Crippen LogP contribution < -0.4 is 4.74 Å². The zero-order valence-corrected chi connectivity index (χ0v) is 13.6. The first-order valence-corrected chi connectivity index (χ1v) is 7.73. The van der Waals surface area contributed by atoms with Gasteiger partial charge in [0.1, 0.15) is 5.75 Å². The van der Waals surface area contributed by atoms with Gasteiger partial charge in [-0.05, 0) is 53.4 Å². The highest BCUT2D eigenvalue weighted by atomic mass is 79.9. The summed E-state index contributed by atoms with van der Waals surface area (Å²) in [7, 11) is 1.69. The Balaban J connectivity index is 2.62. The smallest absolute Gasteiger partial charge is 0.127 e. The lowest BCUT2D eigenvalue weighted by Gasteiger charge is -2.19. The summed E-state index contributed by atoms with van der Waals surface area (Å²) in [5, 5.41) is 3.94. The molecule has 0 radical (unpaired) electrons. The predicted molar refractivity (Wildman–Crippen MR) is 82.2 cm³/mol. The number of hydrogen-bond donors (Lipinski definition) is 0. The normalized spacial score (nSPS) is 12.5. The average molecular weight is 346 g/mol. The van der Waals surface area contributed by atoms with E-state index < -0.39 is 0 Å². The molecule has 1 heterocycles. The highest BCUT2D eigenvalue weighted by Gasteiger charge is 2.21. The summed E-state index contributed by atoms with van der Waals surface area (Å²) in [6.45, 7) is 4.09. The van der Waals surface area contributed by atoms with Gasteiger partial charge in [-0.2, -0.15) is 11.3 Å². The van der Waals surface area contributed by atoms with Crippen LogP contribution in [-0.2, 0) is 0 Å². The van der Waals surface area contributed by atoms with Gasteiger partial charge in [0, 0.05) is 10.0 Å². The van der Waals surface area contributed by atoms with Gasteiger partial charge in [0.15, 0.2) is 0 Å². The minimum Gasteiger partial charge on any atom is -0.496 e. The molecule has 1 atom stereocenters. The highest BCUT2D eigenvalue weighted by Crippen LogP contribution is 2.42. The minimum atomic E-state index is -0.178. The molecule has 1 aromatic carbocycles. The maximum absolute atomic E-state index is 6.61. The Hall–Kier alpha value is -0.510. The average Bonchev–Trinajstić information content (AvgIpc) is 2.86. The summed E-state index contributed by atoms with van der Waals surface area (Å²) in [5.74, 6) is 0.877. The Morgan fingerprint density at radius 1 is 1.39 bits per heavy atom. The summed E-state index contributed by atoms with van der Waals surface area (Å²) in [6, 6.07) is 4.12. The second-order valence-corrected chi connectivity index (χ2v) is 6.24. The molecule has 0 amide bonds. The van der Waals surface area contributed by atoms with Crippen molar-refractivity contribution in [2.75, 3.05) is 7.11 Å². The second kappa shape index (κ2) is 5.64. The van der Waals surface area contributed by atoms with Crippen LogP contribution in [0.2, 0.25) is 0 Å². The molecule has 0 aliphatic rings. The van der Waals surface area contributed by atoms with Crippen molar-refractivity contribution in [2.24, 2.45) is 0 Å². The van der Waals surface area contributed by atoms with Gasteiger partial charge < -0.3 is 4.74 Å². The summed E-state index contributed by atoms with van der Waals surface area (Å²) in [4.78, 5) is 0. The summed E-state index contributed by atoms with van der Waals surface area (Å²) < 4.78 is 6.60. The fourth-order valence-corrected chi connectivity index (χ4v) is 3.75. The molecule has 96 valence electrons. The predicted octanol–water partition coefficient (Wildman–Crippen LogP) is 5.46. The van der Waals surface area contributed by atoms with Crippen molar-refractivity contribution in [3.05, 3.63) is 49.6 Å². The van der Waals surface area contributed by atoms with Gasteiger partial charge in [0.25, 0.3) is 0 Å². The Morgan fingerprint density at radius 2 is 2.11 bits per heavy atom. The lowest BCUT2D eigenvalue weighted by molar-refractivity contribution is 0.406. The number of methoxy groups -OCH3 is 1. The van der Waals surface area contributed by atoms with Crippen molar-refractivity contribution in [2.45, 2.75) is 19.2 Å². The van der Waals surface area contributed by atoms with Crippen LogP contribution in [0.25, 0.3) is 0 Å². The second-order valence-electron chi connectivity index (χ2n) is 4.17. The number of thiophene rings is 1. The Kier molecular flexibility index (Phi) is 4.36. The molecule has 0 saturated carbocycles. The summed E-state index contributed by atoms with van der Waals surface area (Å²) in [5.41, 5.74) is 4.37. The van der Waals surface area contributed by atoms with E-state index in [9.17, 15) is 0 Å². The summed E-state index contributed by atoms with van der Waals surface area (Å²) in [6.07, 6.45) is 0. The third-order valence-corrected chi connectivity index (χ3v) is 5.00. The van der Waals surface area contributed by atoms with E-state index in [2.05, 4.69) is 40.4 Å². The number of alkyl halides is 1. The lowest BCUT2D eigenvalue weighted by Crippen LogP contribution is -2.02. The van der Waals surface area contributed by atoms with Crippen molar-refractivity contribution < 1.29 is 4.74 Å². The first-order valence-electron chi connectivity index (χ1n) is 5.56.